The van der Waals surface area contributed by atoms with Gasteiger partial charge in [-0.25, -0.2) is 0 Å². The van der Waals surface area contributed by atoms with Crippen molar-refractivity contribution in [2.45, 2.75) is 26.4 Å². The molecular formula is C19H24N2O3. The van der Waals surface area contributed by atoms with Gasteiger partial charge in [0.2, 0.25) is 5.91 Å². The molecule has 5 heteroatoms. The molecule has 0 aromatic heterocycles. The van der Waals surface area contributed by atoms with Crippen molar-refractivity contribution in [1.82, 2.24) is 10.2 Å². The zero-order chi connectivity index (χ0) is 17.4. The third-order valence-corrected chi connectivity index (χ3v) is 3.79. The maximum Gasteiger partial charge on any atom is 0.306 e. The van der Waals surface area contributed by atoms with Crippen LogP contribution < -0.4 is 5.32 Å². The molecule has 1 amide bonds. The van der Waals surface area contributed by atoms with Crippen molar-refractivity contribution < 1.29 is 14.3 Å². The number of hydrogen-bond acceptors (Lipinski definition) is 4. The summed E-state index contributed by atoms with van der Waals surface area (Å²) in [5.74, 6) is -0.241. The van der Waals surface area contributed by atoms with Gasteiger partial charge in [-0.3, -0.25) is 9.59 Å². The molecule has 5 nitrogen and oxygen atoms in total. The largest absolute Gasteiger partial charge is 0.461 e. The number of allylic oxidation sites excluding steroid dienone is 1. The van der Waals surface area contributed by atoms with Gasteiger partial charge in [0.25, 0.3) is 0 Å². The van der Waals surface area contributed by atoms with Crippen LogP contribution in [0.3, 0.4) is 0 Å². The number of carbonyl (C=O) groups excluding carboxylic acids is 2. The van der Waals surface area contributed by atoms with E-state index in [9.17, 15) is 9.59 Å². The molecule has 0 spiro atoms. The average molecular weight is 328 g/mol. The molecule has 1 unspecified atom stereocenters. The second-order valence-corrected chi connectivity index (χ2v) is 5.89. The Morgan fingerprint density at radius 3 is 2.75 bits per heavy atom. The van der Waals surface area contributed by atoms with Crippen molar-refractivity contribution in [2.24, 2.45) is 5.92 Å². The van der Waals surface area contributed by atoms with Crippen molar-refractivity contribution >= 4 is 11.9 Å². The summed E-state index contributed by atoms with van der Waals surface area (Å²) in [6.45, 7) is 2.72. The molecule has 0 fully saturated rings. The first-order chi connectivity index (χ1) is 11.6. The van der Waals surface area contributed by atoms with Gasteiger partial charge in [0.05, 0.1) is 0 Å². The molecule has 0 saturated heterocycles. The predicted octanol–water partition coefficient (Wildman–Crippen LogP) is 2.61. The maximum absolute atomic E-state index is 12.2. The van der Waals surface area contributed by atoms with Crippen molar-refractivity contribution in [3.63, 3.8) is 0 Å². The van der Waals surface area contributed by atoms with Crippen LogP contribution in [-0.2, 0) is 20.9 Å². The third kappa shape index (κ3) is 5.57. The van der Waals surface area contributed by atoms with E-state index in [0.717, 1.165) is 11.1 Å². The minimum absolute atomic E-state index is 0.0867. The lowest BCUT2D eigenvalue weighted by atomic mass is 9.99. The van der Waals surface area contributed by atoms with Gasteiger partial charge in [-0.05, 0) is 18.2 Å². The van der Waals surface area contributed by atoms with Crippen molar-refractivity contribution in [2.75, 3.05) is 13.6 Å². The number of rotatable bonds is 7. The monoisotopic (exact) mass is 328 g/mol. The Hall–Kier alpha value is -2.56. The molecule has 1 aromatic rings. The lowest BCUT2D eigenvalue weighted by Gasteiger charge is -2.21. The highest BCUT2D eigenvalue weighted by atomic mass is 16.5. The molecule has 1 atom stereocenters. The fourth-order valence-electron chi connectivity index (χ4n) is 2.36. The molecule has 0 saturated carbocycles. The van der Waals surface area contributed by atoms with E-state index in [-0.39, 0.29) is 24.4 Å². The summed E-state index contributed by atoms with van der Waals surface area (Å²) in [7, 11) is 1.89. The summed E-state index contributed by atoms with van der Waals surface area (Å²) in [5.41, 5.74) is 1.70. The van der Waals surface area contributed by atoms with E-state index in [1.54, 1.807) is 0 Å². The Kier molecular flexibility index (Phi) is 6.61. The normalized spacial score (nSPS) is 16.5. The van der Waals surface area contributed by atoms with Crippen LogP contribution in [0.1, 0.15) is 25.3 Å². The maximum atomic E-state index is 12.2. The summed E-state index contributed by atoms with van der Waals surface area (Å²) in [5, 5.41) is 2.86. The van der Waals surface area contributed by atoms with E-state index < -0.39 is 0 Å². The predicted molar refractivity (Wildman–Crippen MR) is 92.6 cm³/mol. The van der Waals surface area contributed by atoms with Gasteiger partial charge in [0.15, 0.2) is 0 Å². The molecule has 1 aliphatic heterocycles. The Morgan fingerprint density at radius 2 is 2.00 bits per heavy atom. The summed E-state index contributed by atoms with van der Waals surface area (Å²) in [4.78, 5) is 25.7. The Bertz CT molecular complexity index is 623. The van der Waals surface area contributed by atoms with Gasteiger partial charge in [-0.1, -0.05) is 43.3 Å². The Labute approximate surface area is 143 Å². The number of benzene rings is 1. The second-order valence-electron chi connectivity index (χ2n) is 5.89. The number of hydrogen-bond donors (Lipinski definition) is 1. The van der Waals surface area contributed by atoms with E-state index >= 15 is 0 Å². The number of amides is 1. The minimum atomic E-state index is -0.249. The SMILES string of the molecule is CC1C=CN(C)C=C1C(=O)NCCCC(=O)OCc1ccccc1. The molecule has 1 N–H and O–H groups in total. The zero-order valence-electron chi connectivity index (χ0n) is 14.2. The average Bonchev–Trinajstić information content (AvgIpc) is 2.59. The van der Waals surface area contributed by atoms with Gasteiger partial charge in [0.1, 0.15) is 6.61 Å². The molecular weight excluding hydrogens is 304 g/mol. The minimum Gasteiger partial charge on any atom is -0.461 e. The van der Waals surface area contributed by atoms with Crippen LogP contribution in [0.4, 0.5) is 0 Å². The molecule has 0 radical (unpaired) electrons. The second kappa shape index (κ2) is 8.91. The summed E-state index contributed by atoms with van der Waals surface area (Å²) < 4.78 is 5.20. The summed E-state index contributed by atoms with van der Waals surface area (Å²) >= 11 is 0. The molecule has 1 aliphatic rings. The smallest absolute Gasteiger partial charge is 0.306 e. The number of ether oxygens (including phenoxy) is 1. The van der Waals surface area contributed by atoms with Crippen molar-refractivity contribution in [1.29, 1.82) is 0 Å². The first-order valence-corrected chi connectivity index (χ1v) is 8.16. The summed E-state index contributed by atoms with van der Waals surface area (Å²) in [6, 6.07) is 9.57. The number of nitrogens with one attached hydrogen (secondary N) is 1. The van der Waals surface area contributed by atoms with Crippen LogP contribution >= 0.6 is 0 Å². The Balaban J connectivity index is 1.64. The highest BCUT2D eigenvalue weighted by Crippen LogP contribution is 2.17. The van der Waals surface area contributed by atoms with Crippen LogP contribution in [0.2, 0.25) is 0 Å². The van der Waals surface area contributed by atoms with Gasteiger partial charge in [-0.2, -0.15) is 0 Å². The zero-order valence-corrected chi connectivity index (χ0v) is 14.2. The van der Waals surface area contributed by atoms with E-state index in [1.807, 2.05) is 67.7 Å². The number of nitrogens with zero attached hydrogens (tertiary/aromatic N) is 1. The highest BCUT2D eigenvalue weighted by Gasteiger charge is 2.18. The lowest BCUT2D eigenvalue weighted by molar-refractivity contribution is -0.145. The standard InChI is InChI=1S/C19H24N2O3/c1-15-10-12-21(2)13-17(15)19(23)20-11-6-9-18(22)24-14-16-7-4-3-5-8-16/h3-5,7-8,10,12-13,15H,6,9,11,14H2,1-2H3,(H,20,23). The lowest BCUT2D eigenvalue weighted by Crippen LogP contribution is -2.30. The quantitative estimate of drug-likeness (QED) is 0.617. The van der Waals surface area contributed by atoms with Crippen LogP contribution in [-0.4, -0.2) is 30.4 Å². The molecule has 128 valence electrons. The third-order valence-electron chi connectivity index (χ3n) is 3.79. The van der Waals surface area contributed by atoms with E-state index in [1.165, 1.54) is 0 Å². The van der Waals surface area contributed by atoms with Crippen LogP contribution in [0, 0.1) is 5.92 Å². The van der Waals surface area contributed by atoms with Gasteiger partial charge < -0.3 is 15.0 Å². The fraction of sp³-hybridized carbons (Fsp3) is 0.368. The molecule has 0 aliphatic carbocycles. The molecule has 0 bridgehead atoms. The first kappa shape index (κ1) is 17.8. The highest BCUT2D eigenvalue weighted by molar-refractivity contribution is 5.94. The van der Waals surface area contributed by atoms with Gasteiger partial charge in [0, 0.05) is 37.7 Å². The van der Waals surface area contributed by atoms with E-state index in [4.69, 9.17) is 4.74 Å². The molecule has 1 aromatic carbocycles. The topological polar surface area (TPSA) is 58.6 Å². The van der Waals surface area contributed by atoms with Crippen molar-refractivity contribution in [3.05, 3.63) is 59.9 Å². The van der Waals surface area contributed by atoms with Crippen LogP contribution in [0.5, 0.6) is 0 Å². The molecule has 1 heterocycles. The van der Waals surface area contributed by atoms with Gasteiger partial charge in [-0.15, -0.1) is 0 Å². The summed E-state index contributed by atoms with van der Waals surface area (Å²) in [6.07, 6.45) is 6.60. The van der Waals surface area contributed by atoms with Crippen molar-refractivity contribution in [3.8, 4) is 0 Å². The van der Waals surface area contributed by atoms with E-state index in [0.29, 0.717) is 19.4 Å². The molecule has 24 heavy (non-hydrogen) atoms. The van der Waals surface area contributed by atoms with Crippen LogP contribution in [0.15, 0.2) is 54.4 Å². The molecule has 2 rings (SSSR count). The van der Waals surface area contributed by atoms with Gasteiger partial charge >= 0.3 is 5.97 Å². The number of carbonyl (C=O) groups is 2. The van der Waals surface area contributed by atoms with E-state index in [2.05, 4.69) is 5.32 Å². The number of esters is 1. The Morgan fingerprint density at radius 1 is 1.25 bits per heavy atom. The van der Waals surface area contributed by atoms with Crippen LogP contribution in [0.25, 0.3) is 0 Å². The fourth-order valence-corrected chi connectivity index (χ4v) is 2.36. The first-order valence-electron chi connectivity index (χ1n) is 8.16.